The highest BCUT2D eigenvalue weighted by atomic mass is 16.5. The lowest BCUT2D eigenvalue weighted by Gasteiger charge is -2.16. The zero-order valence-electron chi connectivity index (χ0n) is 12.7. The Hall–Kier alpha value is -1.44. The fraction of sp³-hybridized carbons (Fsp3) is 0.692. The molecule has 0 aliphatic rings. The van der Waals surface area contributed by atoms with Crippen LogP contribution >= 0.6 is 0 Å². The van der Waals surface area contributed by atoms with E-state index in [0.717, 1.165) is 24.2 Å². The molecule has 1 aromatic heterocycles. The van der Waals surface area contributed by atoms with Crippen LogP contribution in [0.25, 0.3) is 0 Å². The summed E-state index contributed by atoms with van der Waals surface area (Å²) in [6.07, 6.45) is 1.59. The van der Waals surface area contributed by atoms with Gasteiger partial charge in [-0.1, -0.05) is 0 Å². The minimum absolute atomic E-state index is 0.242. The third-order valence-electron chi connectivity index (χ3n) is 3.18. The number of hydrogen-bond acceptors (Lipinski definition) is 5. The fourth-order valence-electron chi connectivity index (χ4n) is 1.86. The van der Waals surface area contributed by atoms with Gasteiger partial charge in [0.15, 0.2) is 0 Å². The van der Waals surface area contributed by atoms with E-state index in [-0.39, 0.29) is 11.2 Å². The van der Waals surface area contributed by atoms with E-state index in [1.807, 2.05) is 7.05 Å². The third-order valence-corrected chi connectivity index (χ3v) is 3.18. The molecule has 0 bridgehead atoms. The van der Waals surface area contributed by atoms with Crippen molar-refractivity contribution in [1.82, 2.24) is 19.4 Å². The van der Waals surface area contributed by atoms with Crippen LogP contribution in [0.5, 0.6) is 0 Å². The van der Waals surface area contributed by atoms with Crippen LogP contribution in [0.15, 0.2) is 15.8 Å². The first-order chi connectivity index (χ1) is 9.47. The van der Waals surface area contributed by atoms with Gasteiger partial charge in [-0.15, -0.1) is 0 Å². The Morgan fingerprint density at radius 3 is 2.65 bits per heavy atom. The molecule has 1 heterocycles. The minimum atomic E-state index is -0.307. The van der Waals surface area contributed by atoms with E-state index in [1.54, 1.807) is 20.4 Å². The van der Waals surface area contributed by atoms with Crippen molar-refractivity contribution in [3.8, 4) is 0 Å². The lowest BCUT2D eigenvalue weighted by molar-refractivity contribution is 0.161. The number of ether oxygens (including phenoxy) is 1. The zero-order chi connectivity index (χ0) is 15.1. The molecule has 0 saturated carbocycles. The first kappa shape index (κ1) is 16.6. The summed E-state index contributed by atoms with van der Waals surface area (Å²) in [5.41, 5.74) is 0.0422. The maximum absolute atomic E-state index is 11.9. The Bertz CT molecular complexity index is 535. The van der Waals surface area contributed by atoms with Gasteiger partial charge in [0, 0.05) is 59.1 Å². The molecule has 0 atom stereocenters. The van der Waals surface area contributed by atoms with Crippen molar-refractivity contribution in [2.45, 2.75) is 6.54 Å². The summed E-state index contributed by atoms with van der Waals surface area (Å²) in [5, 5.41) is 3.21. The number of aromatic nitrogens is 2. The van der Waals surface area contributed by atoms with Gasteiger partial charge in [0.2, 0.25) is 0 Å². The molecule has 0 amide bonds. The average Bonchev–Trinajstić information content (AvgIpc) is 2.44. The van der Waals surface area contributed by atoms with Crippen LogP contribution in [0.2, 0.25) is 0 Å². The molecule has 0 aliphatic heterocycles. The summed E-state index contributed by atoms with van der Waals surface area (Å²) in [6.45, 7) is 3.68. The summed E-state index contributed by atoms with van der Waals surface area (Å²) in [5.74, 6) is 0. The summed E-state index contributed by atoms with van der Waals surface area (Å²) in [6, 6.07) is 0. The van der Waals surface area contributed by atoms with E-state index in [0.29, 0.717) is 18.7 Å². The molecular formula is C13H24N4O3. The van der Waals surface area contributed by atoms with E-state index in [4.69, 9.17) is 4.74 Å². The van der Waals surface area contributed by atoms with Gasteiger partial charge < -0.3 is 19.5 Å². The molecule has 7 heteroatoms. The molecule has 0 unspecified atom stereocenters. The van der Waals surface area contributed by atoms with Crippen LogP contribution in [0.3, 0.4) is 0 Å². The van der Waals surface area contributed by atoms with Crippen LogP contribution < -0.4 is 16.6 Å². The van der Waals surface area contributed by atoms with E-state index in [1.165, 1.54) is 11.6 Å². The normalized spacial score (nSPS) is 11.2. The number of rotatable bonds is 8. The molecular weight excluding hydrogens is 260 g/mol. The summed E-state index contributed by atoms with van der Waals surface area (Å²) < 4.78 is 7.55. The highest BCUT2D eigenvalue weighted by molar-refractivity contribution is 5.05. The second-order valence-electron chi connectivity index (χ2n) is 4.88. The van der Waals surface area contributed by atoms with Gasteiger partial charge in [-0.05, 0) is 7.05 Å². The molecule has 20 heavy (non-hydrogen) atoms. The summed E-state index contributed by atoms with van der Waals surface area (Å²) in [4.78, 5) is 25.6. The first-order valence-electron chi connectivity index (χ1n) is 6.61. The van der Waals surface area contributed by atoms with Crippen molar-refractivity contribution in [3.05, 3.63) is 32.6 Å². The van der Waals surface area contributed by atoms with Crippen molar-refractivity contribution in [2.75, 3.05) is 40.4 Å². The predicted molar refractivity (Wildman–Crippen MR) is 78.0 cm³/mol. The Morgan fingerprint density at radius 1 is 1.30 bits per heavy atom. The smallest absolute Gasteiger partial charge is 0.330 e. The van der Waals surface area contributed by atoms with Gasteiger partial charge in [-0.2, -0.15) is 0 Å². The Kier molecular flexibility index (Phi) is 6.63. The number of nitrogens with zero attached hydrogens (tertiary/aromatic N) is 3. The van der Waals surface area contributed by atoms with Gasteiger partial charge in [0.05, 0.1) is 6.61 Å². The highest BCUT2D eigenvalue weighted by Crippen LogP contribution is 1.87. The number of methoxy groups -OCH3 is 1. The van der Waals surface area contributed by atoms with Gasteiger partial charge in [0.25, 0.3) is 5.56 Å². The van der Waals surface area contributed by atoms with Crippen LogP contribution in [-0.2, 0) is 25.4 Å². The van der Waals surface area contributed by atoms with Crippen molar-refractivity contribution >= 4 is 0 Å². The molecule has 0 aromatic carbocycles. The van der Waals surface area contributed by atoms with E-state index in [2.05, 4.69) is 10.2 Å². The van der Waals surface area contributed by atoms with Crippen LogP contribution in [0.4, 0.5) is 0 Å². The molecule has 7 nitrogen and oxygen atoms in total. The van der Waals surface area contributed by atoms with Crippen molar-refractivity contribution in [3.63, 3.8) is 0 Å². The largest absolute Gasteiger partial charge is 0.383 e. The third kappa shape index (κ3) is 4.59. The van der Waals surface area contributed by atoms with Gasteiger partial charge in [-0.25, -0.2) is 4.79 Å². The Balaban J connectivity index is 2.47. The van der Waals surface area contributed by atoms with Crippen LogP contribution in [0.1, 0.15) is 5.56 Å². The van der Waals surface area contributed by atoms with Crippen molar-refractivity contribution in [1.29, 1.82) is 0 Å². The molecule has 1 rings (SSSR count). The highest BCUT2D eigenvalue weighted by Gasteiger charge is 2.06. The second-order valence-corrected chi connectivity index (χ2v) is 4.88. The van der Waals surface area contributed by atoms with Crippen LogP contribution in [-0.4, -0.2) is 54.4 Å². The molecule has 0 radical (unpaired) electrons. The number of hydrogen-bond donors (Lipinski definition) is 1. The predicted octanol–water partition coefficient (Wildman–Crippen LogP) is -1.25. The molecule has 1 aromatic rings. The Morgan fingerprint density at radius 2 is 2.00 bits per heavy atom. The minimum Gasteiger partial charge on any atom is -0.383 e. The molecule has 114 valence electrons. The monoisotopic (exact) mass is 284 g/mol. The number of nitrogens with one attached hydrogen (secondary N) is 1. The van der Waals surface area contributed by atoms with Gasteiger partial charge >= 0.3 is 5.69 Å². The summed E-state index contributed by atoms with van der Waals surface area (Å²) in [7, 11) is 6.84. The summed E-state index contributed by atoms with van der Waals surface area (Å²) >= 11 is 0. The van der Waals surface area contributed by atoms with Crippen LogP contribution in [0, 0.1) is 0 Å². The topological polar surface area (TPSA) is 68.5 Å². The lowest BCUT2D eigenvalue weighted by atomic mass is 10.3. The maximum atomic E-state index is 11.9. The fourth-order valence-corrected chi connectivity index (χ4v) is 1.86. The molecule has 0 fully saturated rings. The second kappa shape index (κ2) is 7.98. The van der Waals surface area contributed by atoms with Gasteiger partial charge in [-0.3, -0.25) is 9.36 Å². The molecule has 0 saturated heterocycles. The lowest BCUT2D eigenvalue weighted by Crippen LogP contribution is -2.40. The average molecular weight is 284 g/mol. The Labute approximate surface area is 118 Å². The van der Waals surface area contributed by atoms with Crippen molar-refractivity contribution in [2.24, 2.45) is 14.1 Å². The SMILES string of the molecule is COCCN(C)CCNCc1cn(C)c(=O)n(C)c1=O. The molecule has 1 N–H and O–H groups in total. The van der Waals surface area contributed by atoms with E-state index in [9.17, 15) is 9.59 Å². The number of aryl methyl sites for hydroxylation is 1. The zero-order valence-corrected chi connectivity index (χ0v) is 12.7. The van der Waals surface area contributed by atoms with Gasteiger partial charge in [0.1, 0.15) is 0 Å². The first-order valence-corrected chi connectivity index (χ1v) is 6.61. The van der Waals surface area contributed by atoms with E-state index < -0.39 is 0 Å². The molecule has 0 spiro atoms. The van der Waals surface area contributed by atoms with E-state index >= 15 is 0 Å². The number of likely N-dealkylation sites (N-methyl/N-ethyl adjacent to an activating group) is 1. The quantitative estimate of drug-likeness (QED) is 0.604. The standard InChI is InChI=1S/C13H24N4O3/c1-15(7-8-20-4)6-5-14-9-11-10-16(2)13(19)17(3)12(11)18/h10,14H,5-9H2,1-4H3. The molecule has 0 aliphatic carbocycles. The van der Waals surface area contributed by atoms with Crippen molar-refractivity contribution < 1.29 is 4.74 Å². The maximum Gasteiger partial charge on any atom is 0.330 e.